The molecule has 1 aliphatic heterocycles. The van der Waals surface area contributed by atoms with Crippen molar-refractivity contribution in [1.82, 2.24) is 4.90 Å². The fraction of sp³-hybridized carbons (Fsp3) is 0.500. The van der Waals surface area contributed by atoms with Gasteiger partial charge in [0.25, 0.3) is 0 Å². The van der Waals surface area contributed by atoms with Crippen LogP contribution in [0.2, 0.25) is 0 Å². The third-order valence-corrected chi connectivity index (χ3v) is 4.82. The molecular weight excluding hydrogens is 342 g/mol. The molecule has 0 aliphatic carbocycles. The number of benzene rings is 1. The number of hydrogen-bond donors (Lipinski definition) is 0. The van der Waals surface area contributed by atoms with Crippen LogP contribution >= 0.6 is 11.8 Å². The molecule has 1 aliphatic rings. The number of amides is 1. The van der Waals surface area contributed by atoms with Crippen molar-refractivity contribution in [2.75, 3.05) is 19.4 Å². The Balaban J connectivity index is 2.03. The lowest BCUT2D eigenvalue weighted by Crippen LogP contribution is -2.32. The molecule has 1 fully saturated rings. The molecule has 1 amide bonds. The Morgan fingerprint density at radius 3 is 2.44 bits per heavy atom. The second-order valence-corrected chi connectivity index (χ2v) is 7.77. The van der Waals surface area contributed by atoms with Gasteiger partial charge < -0.3 is 14.4 Å². The zero-order chi connectivity index (χ0) is 18.6. The van der Waals surface area contributed by atoms with E-state index >= 15 is 0 Å². The Morgan fingerprint density at radius 2 is 1.88 bits per heavy atom. The Hall–Kier alpha value is -2.02. The van der Waals surface area contributed by atoms with Crippen LogP contribution < -0.4 is 0 Å². The Labute approximate surface area is 151 Å². The topological polar surface area (TPSA) is 72.9 Å². The first-order valence-corrected chi connectivity index (χ1v) is 9.07. The molecule has 136 valence electrons. The number of esters is 2. The summed E-state index contributed by atoms with van der Waals surface area (Å²) in [4.78, 5) is 37.2. The van der Waals surface area contributed by atoms with E-state index in [0.29, 0.717) is 17.9 Å². The highest BCUT2D eigenvalue weighted by molar-refractivity contribution is 8.00. The lowest BCUT2D eigenvalue weighted by molar-refractivity contribution is -0.155. The van der Waals surface area contributed by atoms with E-state index in [1.807, 2.05) is 32.9 Å². The fourth-order valence-corrected chi connectivity index (χ4v) is 3.70. The molecule has 2 rings (SSSR count). The summed E-state index contributed by atoms with van der Waals surface area (Å²) in [6.07, 6.45) is 0.153. The maximum absolute atomic E-state index is 12.2. The summed E-state index contributed by atoms with van der Waals surface area (Å²) in [7, 11) is 1.33. The average molecular weight is 365 g/mol. The highest BCUT2D eigenvalue weighted by atomic mass is 32.2. The second kappa shape index (κ2) is 7.91. The summed E-state index contributed by atoms with van der Waals surface area (Å²) < 4.78 is 9.98. The Morgan fingerprint density at radius 1 is 1.24 bits per heavy atom. The molecule has 1 unspecified atom stereocenters. The summed E-state index contributed by atoms with van der Waals surface area (Å²) in [6, 6.07) is 6.97. The molecule has 25 heavy (non-hydrogen) atoms. The zero-order valence-corrected chi connectivity index (χ0v) is 15.7. The van der Waals surface area contributed by atoms with Gasteiger partial charge in [0.2, 0.25) is 5.91 Å². The van der Waals surface area contributed by atoms with Crippen LogP contribution in [0.1, 0.15) is 48.5 Å². The minimum atomic E-state index is -0.538. The molecule has 7 heteroatoms. The Kier molecular flexibility index (Phi) is 6.11. The van der Waals surface area contributed by atoms with Crippen LogP contribution in [0.5, 0.6) is 0 Å². The predicted octanol–water partition coefficient (Wildman–Crippen LogP) is 2.78. The minimum Gasteiger partial charge on any atom is -0.465 e. The molecule has 0 aromatic heterocycles. The fourth-order valence-electron chi connectivity index (χ4n) is 2.48. The van der Waals surface area contributed by atoms with E-state index in [-0.39, 0.29) is 23.7 Å². The number of carbonyl (C=O) groups is 3. The van der Waals surface area contributed by atoms with Gasteiger partial charge in [0, 0.05) is 6.54 Å². The molecule has 0 bridgehead atoms. The van der Waals surface area contributed by atoms with Crippen LogP contribution in [-0.4, -0.2) is 47.8 Å². The number of ether oxygens (including phenoxy) is 2. The lowest BCUT2D eigenvalue weighted by atomic mass is 10.1. The molecule has 1 aromatic rings. The third kappa shape index (κ3) is 5.22. The number of methoxy groups -OCH3 is 1. The molecule has 0 saturated carbocycles. The van der Waals surface area contributed by atoms with Gasteiger partial charge in [-0.2, -0.15) is 0 Å². The van der Waals surface area contributed by atoms with E-state index in [4.69, 9.17) is 4.74 Å². The zero-order valence-electron chi connectivity index (χ0n) is 14.9. The van der Waals surface area contributed by atoms with Crippen molar-refractivity contribution in [2.24, 2.45) is 0 Å². The van der Waals surface area contributed by atoms with Crippen LogP contribution in [0.15, 0.2) is 24.3 Å². The first-order chi connectivity index (χ1) is 11.7. The van der Waals surface area contributed by atoms with Crippen LogP contribution in [0.3, 0.4) is 0 Å². The van der Waals surface area contributed by atoms with Gasteiger partial charge in [-0.1, -0.05) is 12.1 Å². The molecule has 0 radical (unpaired) electrons. The van der Waals surface area contributed by atoms with E-state index in [2.05, 4.69) is 4.74 Å². The molecule has 1 aromatic carbocycles. The highest BCUT2D eigenvalue weighted by Crippen LogP contribution is 2.38. The molecule has 0 N–H and O–H groups in total. The highest BCUT2D eigenvalue weighted by Gasteiger charge is 2.33. The van der Waals surface area contributed by atoms with Crippen molar-refractivity contribution in [3.63, 3.8) is 0 Å². The van der Waals surface area contributed by atoms with Crippen LogP contribution in [0.25, 0.3) is 0 Å². The van der Waals surface area contributed by atoms with E-state index in [1.54, 1.807) is 17.0 Å². The van der Waals surface area contributed by atoms with Gasteiger partial charge in [0.15, 0.2) is 0 Å². The first kappa shape index (κ1) is 19.3. The maximum atomic E-state index is 12.2. The number of rotatable bonds is 5. The number of thioether (sulfide) groups is 1. The second-order valence-electron chi connectivity index (χ2n) is 6.70. The van der Waals surface area contributed by atoms with E-state index in [1.165, 1.54) is 18.9 Å². The van der Waals surface area contributed by atoms with Gasteiger partial charge >= 0.3 is 11.9 Å². The maximum Gasteiger partial charge on any atom is 0.337 e. The van der Waals surface area contributed by atoms with E-state index in [9.17, 15) is 14.4 Å². The van der Waals surface area contributed by atoms with Crippen LogP contribution in [0, 0.1) is 0 Å². The summed E-state index contributed by atoms with van der Waals surface area (Å²) in [5.74, 6) is -0.353. The normalized spacial score (nSPS) is 17.5. The molecule has 0 spiro atoms. The molecule has 1 saturated heterocycles. The smallest absolute Gasteiger partial charge is 0.337 e. The van der Waals surface area contributed by atoms with Gasteiger partial charge in [-0.25, -0.2) is 4.79 Å². The van der Waals surface area contributed by atoms with Gasteiger partial charge in [-0.15, -0.1) is 11.8 Å². The summed E-state index contributed by atoms with van der Waals surface area (Å²) in [5.41, 5.74) is 0.831. The molecule has 1 atom stereocenters. The number of hydrogen-bond acceptors (Lipinski definition) is 6. The average Bonchev–Trinajstić information content (AvgIpc) is 2.91. The number of nitrogens with zero attached hydrogens (tertiary/aromatic N) is 1. The van der Waals surface area contributed by atoms with Crippen molar-refractivity contribution in [1.29, 1.82) is 0 Å². The number of carbonyl (C=O) groups excluding carboxylic acids is 3. The molecule has 1 heterocycles. The summed E-state index contributed by atoms with van der Waals surface area (Å²) in [5, 5.41) is -0.165. The summed E-state index contributed by atoms with van der Waals surface area (Å²) >= 11 is 1.50. The van der Waals surface area contributed by atoms with Crippen molar-refractivity contribution in [2.45, 2.75) is 38.2 Å². The van der Waals surface area contributed by atoms with Crippen molar-refractivity contribution in [3.05, 3.63) is 35.4 Å². The largest absolute Gasteiger partial charge is 0.465 e. The SMILES string of the molecule is COC(=O)c1ccc(C2SCC(=O)N2CCC(=O)OC(C)(C)C)cc1. The van der Waals surface area contributed by atoms with Crippen LogP contribution in [-0.2, 0) is 19.1 Å². The van der Waals surface area contributed by atoms with Crippen molar-refractivity contribution in [3.8, 4) is 0 Å². The van der Waals surface area contributed by atoms with E-state index in [0.717, 1.165) is 5.56 Å². The van der Waals surface area contributed by atoms with Gasteiger partial charge in [0.05, 0.1) is 24.8 Å². The van der Waals surface area contributed by atoms with Gasteiger partial charge in [-0.3, -0.25) is 9.59 Å². The molecular formula is C18H23NO5S. The molecule has 6 nitrogen and oxygen atoms in total. The van der Waals surface area contributed by atoms with Gasteiger partial charge in [-0.05, 0) is 38.5 Å². The monoisotopic (exact) mass is 365 g/mol. The van der Waals surface area contributed by atoms with E-state index < -0.39 is 11.6 Å². The standard InChI is InChI=1S/C18H23NO5S/c1-18(2,3)24-15(21)9-10-19-14(20)11-25-16(19)12-5-7-13(8-6-12)17(22)23-4/h5-8,16H,9-11H2,1-4H3. The van der Waals surface area contributed by atoms with Crippen molar-refractivity contribution < 1.29 is 23.9 Å². The van der Waals surface area contributed by atoms with Crippen molar-refractivity contribution >= 4 is 29.6 Å². The lowest BCUT2D eigenvalue weighted by Gasteiger charge is -2.25. The first-order valence-electron chi connectivity index (χ1n) is 8.02. The predicted molar refractivity (Wildman–Crippen MR) is 95.2 cm³/mol. The summed E-state index contributed by atoms with van der Waals surface area (Å²) in [6.45, 7) is 5.75. The van der Waals surface area contributed by atoms with Crippen LogP contribution in [0.4, 0.5) is 0 Å². The van der Waals surface area contributed by atoms with Gasteiger partial charge in [0.1, 0.15) is 11.0 Å². The minimum absolute atomic E-state index is 0.00407. The quantitative estimate of drug-likeness (QED) is 0.747. The Bertz CT molecular complexity index is 650. The third-order valence-electron chi connectivity index (χ3n) is 3.56.